The van der Waals surface area contributed by atoms with E-state index in [1.807, 2.05) is 9.80 Å². The van der Waals surface area contributed by atoms with Crippen molar-refractivity contribution in [1.29, 1.82) is 0 Å². The van der Waals surface area contributed by atoms with E-state index in [9.17, 15) is 9.59 Å². The molecule has 6 nitrogen and oxygen atoms in total. The average molecular weight is 285 g/mol. The number of amides is 1. The fraction of sp³-hybridized carbons (Fsp3) is 0.857. The largest absolute Gasteiger partial charge is 0.480 e. The normalized spacial score (nSPS) is 18.3. The first kappa shape index (κ1) is 16.9. The first-order valence-electron chi connectivity index (χ1n) is 7.34. The van der Waals surface area contributed by atoms with E-state index in [4.69, 9.17) is 10.8 Å². The molecule has 116 valence electrons. The number of carboxylic acids is 1. The fourth-order valence-corrected chi connectivity index (χ4v) is 2.65. The van der Waals surface area contributed by atoms with Gasteiger partial charge in [-0.2, -0.15) is 0 Å². The Morgan fingerprint density at radius 3 is 2.25 bits per heavy atom. The molecular weight excluding hydrogens is 258 g/mol. The van der Waals surface area contributed by atoms with Gasteiger partial charge in [0.25, 0.3) is 0 Å². The molecule has 1 aliphatic heterocycles. The van der Waals surface area contributed by atoms with Gasteiger partial charge in [0.2, 0.25) is 5.91 Å². The van der Waals surface area contributed by atoms with Crippen LogP contribution in [0.5, 0.6) is 0 Å². The Hall–Kier alpha value is -1.14. The predicted molar refractivity (Wildman–Crippen MR) is 77.3 cm³/mol. The van der Waals surface area contributed by atoms with Crippen LogP contribution in [0.15, 0.2) is 0 Å². The molecule has 3 N–H and O–H groups in total. The van der Waals surface area contributed by atoms with E-state index in [1.165, 1.54) is 0 Å². The molecule has 6 heteroatoms. The molecule has 0 spiro atoms. The minimum absolute atomic E-state index is 0.0564. The van der Waals surface area contributed by atoms with E-state index in [0.717, 1.165) is 6.42 Å². The highest BCUT2D eigenvalue weighted by Gasteiger charge is 2.24. The summed E-state index contributed by atoms with van der Waals surface area (Å²) in [5.41, 5.74) is 5.73. The standard InChI is InChI=1S/C14H27N3O3/c1-11(2)7-12(9-15)8-13(18)17-5-3-16(4-6-17)10-14(19)20/h11-12H,3-10,15H2,1-2H3,(H,19,20). The predicted octanol–water partition coefficient (Wildman–Crippen LogP) is 0.226. The number of aliphatic carboxylic acids is 1. The third-order valence-electron chi connectivity index (χ3n) is 3.69. The second-order valence-corrected chi connectivity index (χ2v) is 5.99. The molecule has 1 unspecified atom stereocenters. The topological polar surface area (TPSA) is 86.9 Å². The van der Waals surface area contributed by atoms with E-state index in [0.29, 0.717) is 45.1 Å². The number of rotatable bonds is 7. The minimum atomic E-state index is -0.815. The molecule has 0 aromatic heterocycles. The van der Waals surface area contributed by atoms with Gasteiger partial charge >= 0.3 is 5.97 Å². The van der Waals surface area contributed by atoms with Crippen LogP contribution in [0.1, 0.15) is 26.7 Å². The maximum atomic E-state index is 12.2. The maximum absolute atomic E-state index is 12.2. The zero-order chi connectivity index (χ0) is 15.1. The minimum Gasteiger partial charge on any atom is -0.480 e. The van der Waals surface area contributed by atoms with Gasteiger partial charge in [-0.15, -0.1) is 0 Å². The van der Waals surface area contributed by atoms with Crippen LogP contribution in [0.25, 0.3) is 0 Å². The second kappa shape index (κ2) is 8.21. The van der Waals surface area contributed by atoms with Crippen molar-refractivity contribution in [2.75, 3.05) is 39.3 Å². The summed E-state index contributed by atoms with van der Waals surface area (Å²) in [7, 11) is 0. The first-order valence-corrected chi connectivity index (χ1v) is 7.34. The summed E-state index contributed by atoms with van der Waals surface area (Å²) in [6.07, 6.45) is 1.48. The van der Waals surface area contributed by atoms with Gasteiger partial charge in [0, 0.05) is 32.6 Å². The van der Waals surface area contributed by atoms with Crippen LogP contribution in [0.2, 0.25) is 0 Å². The molecule has 0 aromatic rings. The molecule has 0 aromatic carbocycles. The molecular formula is C14H27N3O3. The van der Waals surface area contributed by atoms with Gasteiger partial charge in [0.15, 0.2) is 0 Å². The number of carbonyl (C=O) groups excluding carboxylic acids is 1. The first-order chi connectivity index (χ1) is 9.42. The highest BCUT2D eigenvalue weighted by molar-refractivity contribution is 5.76. The quantitative estimate of drug-likeness (QED) is 0.699. The van der Waals surface area contributed by atoms with Crippen LogP contribution in [0, 0.1) is 11.8 Å². The molecule has 1 amide bonds. The van der Waals surface area contributed by atoms with Crippen molar-refractivity contribution in [3.8, 4) is 0 Å². The molecule has 1 heterocycles. The number of hydrogen-bond donors (Lipinski definition) is 2. The number of nitrogens with zero attached hydrogens (tertiary/aromatic N) is 2. The fourth-order valence-electron chi connectivity index (χ4n) is 2.65. The Balaban J connectivity index is 2.36. The zero-order valence-corrected chi connectivity index (χ0v) is 12.5. The lowest BCUT2D eigenvalue weighted by Crippen LogP contribution is -2.50. The number of nitrogens with two attached hydrogens (primary N) is 1. The average Bonchev–Trinajstić information content (AvgIpc) is 2.37. The van der Waals surface area contributed by atoms with Crippen molar-refractivity contribution in [3.63, 3.8) is 0 Å². The van der Waals surface area contributed by atoms with Crippen molar-refractivity contribution in [2.24, 2.45) is 17.6 Å². The Kier molecular flexibility index (Phi) is 6.95. The summed E-state index contributed by atoms with van der Waals surface area (Å²) in [5.74, 6) is 0.129. The zero-order valence-electron chi connectivity index (χ0n) is 12.5. The molecule has 1 fully saturated rings. The Morgan fingerprint density at radius 1 is 1.20 bits per heavy atom. The summed E-state index contributed by atoms with van der Waals surface area (Å²) in [5, 5.41) is 8.74. The number of carboxylic acid groups (broad SMARTS) is 1. The molecule has 1 rings (SSSR count). The third-order valence-corrected chi connectivity index (χ3v) is 3.69. The van der Waals surface area contributed by atoms with Crippen LogP contribution < -0.4 is 5.73 Å². The summed E-state index contributed by atoms with van der Waals surface area (Å²) in [6.45, 7) is 7.38. The van der Waals surface area contributed by atoms with Gasteiger partial charge in [-0.25, -0.2) is 0 Å². The van der Waals surface area contributed by atoms with Crippen molar-refractivity contribution in [3.05, 3.63) is 0 Å². The number of carbonyl (C=O) groups is 2. The number of hydrogen-bond acceptors (Lipinski definition) is 4. The Labute approximate surface area is 120 Å². The smallest absolute Gasteiger partial charge is 0.317 e. The van der Waals surface area contributed by atoms with Crippen LogP contribution in [-0.4, -0.2) is 66.1 Å². The summed E-state index contributed by atoms with van der Waals surface area (Å²) in [4.78, 5) is 26.5. The monoisotopic (exact) mass is 285 g/mol. The van der Waals surface area contributed by atoms with Gasteiger partial charge < -0.3 is 15.7 Å². The highest BCUT2D eigenvalue weighted by Crippen LogP contribution is 2.16. The molecule has 0 bridgehead atoms. The van der Waals surface area contributed by atoms with Crippen LogP contribution in [0.3, 0.4) is 0 Å². The molecule has 0 saturated carbocycles. The molecule has 1 aliphatic rings. The number of piperazine rings is 1. The highest BCUT2D eigenvalue weighted by atomic mass is 16.4. The van der Waals surface area contributed by atoms with E-state index in [-0.39, 0.29) is 18.4 Å². The lowest BCUT2D eigenvalue weighted by atomic mass is 9.93. The second-order valence-electron chi connectivity index (χ2n) is 5.99. The Morgan fingerprint density at radius 2 is 1.80 bits per heavy atom. The van der Waals surface area contributed by atoms with Crippen molar-refractivity contribution in [2.45, 2.75) is 26.7 Å². The molecule has 0 radical (unpaired) electrons. The van der Waals surface area contributed by atoms with Crippen LogP contribution in [-0.2, 0) is 9.59 Å². The summed E-state index contributed by atoms with van der Waals surface area (Å²) in [6, 6.07) is 0. The SMILES string of the molecule is CC(C)CC(CN)CC(=O)N1CCN(CC(=O)O)CC1. The summed E-state index contributed by atoms with van der Waals surface area (Å²) >= 11 is 0. The molecule has 20 heavy (non-hydrogen) atoms. The van der Waals surface area contributed by atoms with Gasteiger partial charge in [0.05, 0.1) is 6.54 Å². The van der Waals surface area contributed by atoms with Gasteiger partial charge in [-0.3, -0.25) is 14.5 Å². The van der Waals surface area contributed by atoms with E-state index in [2.05, 4.69) is 13.8 Å². The van der Waals surface area contributed by atoms with Gasteiger partial charge in [0.1, 0.15) is 0 Å². The van der Waals surface area contributed by atoms with Crippen molar-refractivity contribution < 1.29 is 14.7 Å². The Bertz CT molecular complexity index is 326. The van der Waals surface area contributed by atoms with Crippen molar-refractivity contribution >= 4 is 11.9 Å². The van der Waals surface area contributed by atoms with Crippen LogP contribution >= 0.6 is 0 Å². The summed E-state index contributed by atoms with van der Waals surface area (Å²) < 4.78 is 0. The van der Waals surface area contributed by atoms with Crippen molar-refractivity contribution in [1.82, 2.24) is 9.80 Å². The molecule has 0 aliphatic carbocycles. The van der Waals surface area contributed by atoms with Gasteiger partial charge in [-0.05, 0) is 24.8 Å². The van der Waals surface area contributed by atoms with E-state index >= 15 is 0 Å². The lowest BCUT2D eigenvalue weighted by Gasteiger charge is -2.34. The molecule has 1 atom stereocenters. The maximum Gasteiger partial charge on any atom is 0.317 e. The van der Waals surface area contributed by atoms with E-state index < -0.39 is 5.97 Å². The van der Waals surface area contributed by atoms with Gasteiger partial charge in [-0.1, -0.05) is 13.8 Å². The lowest BCUT2D eigenvalue weighted by molar-refractivity contribution is -0.139. The third kappa shape index (κ3) is 5.88. The van der Waals surface area contributed by atoms with E-state index in [1.54, 1.807) is 0 Å². The van der Waals surface area contributed by atoms with Crippen LogP contribution in [0.4, 0.5) is 0 Å². The molecule has 1 saturated heterocycles.